The molecule has 8 heteroatoms. The molecular formula is C20H32FIN4O2. The van der Waals surface area contributed by atoms with Gasteiger partial charge in [0.15, 0.2) is 5.96 Å². The van der Waals surface area contributed by atoms with Gasteiger partial charge in [-0.15, -0.1) is 24.0 Å². The number of ether oxygens (including phenoxy) is 1. The number of likely N-dealkylation sites (tertiary alicyclic amines) is 1. The summed E-state index contributed by atoms with van der Waals surface area (Å²) in [7, 11) is 1.72. The highest BCUT2D eigenvalue weighted by atomic mass is 127. The maximum Gasteiger partial charge on any atom is 0.222 e. The van der Waals surface area contributed by atoms with Crippen LogP contribution in [0.15, 0.2) is 29.3 Å². The van der Waals surface area contributed by atoms with Gasteiger partial charge < -0.3 is 20.3 Å². The summed E-state index contributed by atoms with van der Waals surface area (Å²) < 4.78 is 18.7. The zero-order valence-electron chi connectivity index (χ0n) is 16.9. The molecule has 1 aromatic rings. The van der Waals surface area contributed by atoms with E-state index < -0.39 is 0 Å². The van der Waals surface area contributed by atoms with Gasteiger partial charge in [-0.25, -0.2) is 4.39 Å². The number of nitrogens with one attached hydrogen (secondary N) is 2. The molecule has 0 saturated carbocycles. The number of benzene rings is 1. The normalized spacial score (nSPS) is 16.4. The summed E-state index contributed by atoms with van der Waals surface area (Å²) in [6.45, 7) is 6.25. The molecule has 1 aliphatic rings. The Bertz CT molecular complexity index is 627. The van der Waals surface area contributed by atoms with Crippen LogP contribution in [0.2, 0.25) is 0 Å². The Labute approximate surface area is 184 Å². The zero-order valence-corrected chi connectivity index (χ0v) is 19.2. The number of nitrogens with zero attached hydrogens (tertiary/aromatic N) is 2. The number of halogens is 2. The molecule has 0 bridgehead atoms. The number of amides is 1. The SMILES string of the molecule is CCC(CCNC(=NC)NCC(C)Oc1ccc(F)cc1)N1CCCC1=O.I. The topological polar surface area (TPSA) is 66.0 Å². The molecule has 1 saturated heterocycles. The van der Waals surface area contributed by atoms with E-state index in [1.807, 2.05) is 11.8 Å². The Balaban J connectivity index is 0.00000392. The van der Waals surface area contributed by atoms with Crippen molar-refractivity contribution in [2.24, 2.45) is 4.99 Å². The summed E-state index contributed by atoms with van der Waals surface area (Å²) in [5, 5.41) is 6.53. The van der Waals surface area contributed by atoms with E-state index in [1.165, 1.54) is 12.1 Å². The molecule has 2 N–H and O–H groups in total. The van der Waals surface area contributed by atoms with Gasteiger partial charge in [-0.05, 0) is 50.5 Å². The first-order chi connectivity index (χ1) is 13.0. The first-order valence-electron chi connectivity index (χ1n) is 9.69. The smallest absolute Gasteiger partial charge is 0.222 e. The van der Waals surface area contributed by atoms with E-state index in [0.29, 0.717) is 24.7 Å². The number of carbonyl (C=O) groups is 1. The first-order valence-corrected chi connectivity index (χ1v) is 9.69. The minimum atomic E-state index is -0.279. The predicted molar refractivity (Wildman–Crippen MR) is 121 cm³/mol. The summed E-state index contributed by atoms with van der Waals surface area (Å²) in [6, 6.07) is 6.27. The molecule has 0 radical (unpaired) electrons. The van der Waals surface area contributed by atoms with Gasteiger partial charge in [0.2, 0.25) is 5.91 Å². The van der Waals surface area contributed by atoms with Gasteiger partial charge in [0.25, 0.3) is 0 Å². The van der Waals surface area contributed by atoms with Crippen LogP contribution in [-0.2, 0) is 4.79 Å². The molecule has 1 amide bonds. The molecule has 0 aliphatic carbocycles. The van der Waals surface area contributed by atoms with Crippen molar-refractivity contribution in [3.63, 3.8) is 0 Å². The van der Waals surface area contributed by atoms with Gasteiger partial charge in [-0.3, -0.25) is 9.79 Å². The highest BCUT2D eigenvalue weighted by molar-refractivity contribution is 14.0. The molecule has 1 fully saturated rings. The van der Waals surface area contributed by atoms with Gasteiger partial charge in [0.05, 0.1) is 6.54 Å². The number of aliphatic imine (C=N–C) groups is 1. The van der Waals surface area contributed by atoms with Crippen molar-refractivity contribution in [2.45, 2.75) is 51.7 Å². The molecular weight excluding hydrogens is 474 g/mol. The van der Waals surface area contributed by atoms with Crippen LogP contribution >= 0.6 is 24.0 Å². The van der Waals surface area contributed by atoms with Crippen LogP contribution in [0, 0.1) is 5.82 Å². The summed E-state index contributed by atoms with van der Waals surface area (Å²) >= 11 is 0. The minimum Gasteiger partial charge on any atom is -0.489 e. The monoisotopic (exact) mass is 506 g/mol. The van der Waals surface area contributed by atoms with Crippen molar-refractivity contribution in [2.75, 3.05) is 26.7 Å². The van der Waals surface area contributed by atoms with Crippen LogP contribution in [0.25, 0.3) is 0 Å². The van der Waals surface area contributed by atoms with Crippen molar-refractivity contribution < 1.29 is 13.9 Å². The maximum absolute atomic E-state index is 12.9. The molecule has 158 valence electrons. The molecule has 0 aromatic heterocycles. The maximum atomic E-state index is 12.9. The van der Waals surface area contributed by atoms with E-state index in [4.69, 9.17) is 4.74 Å². The fraction of sp³-hybridized carbons (Fsp3) is 0.600. The fourth-order valence-corrected chi connectivity index (χ4v) is 3.24. The van der Waals surface area contributed by atoms with Crippen LogP contribution in [0.3, 0.4) is 0 Å². The van der Waals surface area contributed by atoms with E-state index >= 15 is 0 Å². The average Bonchev–Trinajstić information content (AvgIpc) is 3.09. The minimum absolute atomic E-state index is 0. The third-order valence-corrected chi connectivity index (χ3v) is 4.72. The Morgan fingerprint density at radius 1 is 1.32 bits per heavy atom. The molecule has 0 spiro atoms. The van der Waals surface area contributed by atoms with Crippen molar-refractivity contribution in [1.29, 1.82) is 0 Å². The van der Waals surface area contributed by atoms with E-state index in [0.717, 1.165) is 32.4 Å². The largest absolute Gasteiger partial charge is 0.489 e. The molecule has 6 nitrogen and oxygen atoms in total. The van der Waals surface area contributed by atoms with E-state index in [2.05, 4.69) is 22.5 Å². The number of hydrogen-bond donors (Lipinski definition) is 2. The number of carbonyl (C=O) groups excluding carboxylic acids is 1. The Morgan fingerprint density at radius 3 is 2.61 bits per heavy atom. The molecule has 2 atom stereocenters. The summed E-state index contributed by atoms with van der Waals surface area (Å²) in [5.74, 6) is 1.33. The van der Waals surface area contributed by atoms with E-state index in [1.54, 1.807) is 19.2 Å². The molecule has 2 rings (SSSR count). The van der Waals surface area contributed by atoms with Crippen LogP contribution in [0.5, 0.6) is 5.75 Å². The van der Waals surface area contributed by atoms with Crippen molar-refractivity contribution in [3.05, 3.63) is 30.1 Å². The predicted octanol–water partition coefficient (Wildman–Crippen LogP) is 3.17. The second-order valence-corrected chi connectivity index (χ2v) is 6.80. The highest BCUT2D eigenvalue weighted by Crippen LogP contribution is 2.17. The van der Waals surface area contributed by atoms with E-state index in [9.17, 15) is 9.18 Å². The Hall–Kier alpha value is -1.58. The standard InChI is InChI=1S/C20H31FN4O2.HI/c1-4-17(25-13-5-6-19(25)26)11-12-23-20(22-3)24-14-15(2)27-18-9-7-16(21)8-10-18;/h7-10,15,17H,4-6,11-14H2,1-3H3,(H2,22,23,24);1H. The van der Waals surface area contributed by atoms with Gasteiger partial charge >= 0.3 is 0 Å². The molecule has 28 heavy (non-hydrogen) atoms. The Kier molecular flexibility index (Phi) is 11.2. The van der Waals surface area contributed by atoms with Crippen molar-refractivity contribution in [1.82, 2.24) is 15.5 Å². The zero-order chi connectivity index (χ0) is 19.6. The van der Waals surface area contributed by atoms with Gasteiger partial charge in [0, 0.05) is 32.6 Å². The molecule has 1 aliphatic heterocycles. The molecule has 1 heterocycles. The Morgan fingerprint density at radius 2 is 2.04 bits per heavy atom. The van der Waals surface area contributed by atoms with Crippen LogP contribution < -0.4 is 15.4 Å². The fourth-order valence-electron chi connectivity index (χ4n) is 3.24. The lowest BCUT2D eigenvalue weighted by Gasteiger charge is -2.27. The summed E-state index contributed by atoms with van der Waals surface area (Å²) in [5.41, 5.74) is 0. The quantitative estimate of drug-likeness (QED) is 0.307. The van der Waals surface area contributed by atoms with Crippen LogP contribution in [-0.4, -0.2) is 55.6 Å². The number of guanidine groups is 1. The highest BCUT2D eigenvalue weighted by Gasteiger charge is 2.26. The molecule has 1 aromatic carbocycles. The second-order valence-electron chi connectivity index (χ2n) is 6.80. The van der Waals surface area contributed by atoms with E-state index in [-0.39, 0.29) is 47.8 Å². The third-order valence-electron chi connectivity index (χ3n) is 4.72. The summed E-state index contributed by atoms with van der Waals surface area (Å²) in [6.07, 6.45) is 3.41. The second kappa shape index (κ2) is 12.8. The number of rotatable bonds is 9. The van der Waals surface area contributed by atoms with Gasteiger partial charge in [-0.2, -0.15) is 0 Å². The van der Waals surface area contributed by atoms with Crippen LogP contribution in [0.4, 0.5) is 4.39 Å². The average molecular weight is 506 g/mol. The third kappa shape index (κ3) is 7.81. The van der Waals surface area contributed by atoms with Gasteiger partial charge in [0.1, 0.15) is 17.7 Å². The van der Waals surface area contributed by atoms with Crippen LogP contribution in [0.1, 0.15) is 39.5 Å². The lowest BCUT2D eigenvalue weighted by molar-refractivity contribution is -0.129. The lowest BCUT2D eigenvalue weighted by atomic mass is 10.1. The molecule has 2 unspecified atom stereocenters. The lowest BCUT2D eigenvalue weighted by Crippen LogP contribution is -2.44. The first kappa shape index (κ1) is 24.5. The van der Waals surface area contributed by atoms with Crippen molar-refractivity contribution in [3.8, 4) is 5.75 Å². The summed E-state index contributed by atoms with van der Waals surface area (Å²) in [4.78, 5) is 18.1. The van der Waals surface area contributed by atoms with Gasteiger partial charge in [-0.1, -0.05) is 6.92 Å². The number of hydrogen-bond acceptors (Lipinski definition) is 3. The van der Waals surface area contributed by atoms with Crippen molar-refractivity contribution >= 4 is 35.8 Å².